The molecule has 1 heterocycles. The molecule has 1 aliphatic rings. The average molecular weight is 316 g/mol. The van der Waals surface area contributed by atoms with E-state index in [-0.39, 0.29) is 18.5 Å². The van der Waals surface area contributed by atoms with Gasteiger partial charge in [-0.1, -0.05) is 0 Å². The van der Waals surface area contributed by atoms with Gasteiger partial charge in [-0.25, -0.2) is 0 Å². The van der Waals surface area contributed by atoms with Gasteiger partial charge in [0, 0.05) is 20.6 Å². The number of likely N-dealkylation sites (N-methyl/N-ethyl adjacent to an activating group) is 1. The van der Waals surface area contributed by atoms with Gasteiger partial charge in [0.15, 0.2) is 0 Å². The predicted molar refractivity (Wildman–Crippen MR) is 75.2 cm³/mol. The van der Waals surface area contributed by atoms with Crippen molar-refractivity contribution in [2.75, 3.05) is 20.6 Å². The number of benzene rings is 1. The summed E-state index contributed by atoms with van der Waals surface area (Å²) in [4.78, 5) is 15.4. The molecule has 0 aromatic heterocycles. The standard InChI is InChI=1S/C15H19F3N2O2/c1-19(2)14(22)13-4-3-5-20(13)9-10-6-11(15(16,17)18)8-12(21)7-10/h6-8,13,21H,3-5,9H2,1-2H3/t13-/m0/s1. The number of rotatable bonds is 3. The Morgan fingerprint density at radius 2 is 2.05 bits per heavy atom. The summed E-state index contributed by atoms with van der Waals surface area (Å²) in [5.41, 5.74) is -0.525. The Hall–Kier alpha value is -1.76. The fourth-order valence-electron chi connectivity index (χ4n) is 2.76. The minimum absolute atomic E-state index is 0.0475. The molecule has 1 aromatic rings. The molecule has 1 N–H and O–H groups in total. The van der Waals surface area contributed by atoms with Crippen LogP contribution in [0.5, 0.6) is 5.75 Å². The zero-order valence-electron chi connectivity index (χ0n) is 12.5. The van der Waals surface area contributed by atoms with E-state index in [1.807, 2.05) is 4.90 Å². The molecule has 1 aliphatic heterocycles. The first-order valence-corrected chi connectivity index (χ1v) is 7.04. The van der Waals surface area contributed by atoms with Crippen molar-refractivity contribution in [2.45, 2.75) is 31.6 Å². The lowest BCUT2D eigenvalue weighted by Crippen LogP contribution is -2.42. The zero-order valence-corrected chi connectivity index (χ0v) is 12.5. The third kappa shape index (κ3) is 3.71. The number of nitrogens with zero attached hydrogens (tertiary/aromatic N) is 2. The maximum absolute atomic E-state index is 12.8. The van der Waals surface area contributed by atoms with Crippen molar-refractivity contribution >= 4 is 5.91 Å². The van der Waals surface area contributed by atoms with Crippen molar-refractivity contribution < 1.29 is 23.1 Å². The molecule has 7 heteroatoms. The van der Waals surface area contributed by atoms with Crippen molar-refractivity contribution in [3.05, 3.63) is 29.3 Å². The minimum atomic E-state index is -4.50. The highest BCUT2D eigenvalue weighted by atomic mass is 19.4. The normalized spacial score (nSPS) is 19.4. The van der Waals surface area contributed by atoms with Gasteiger partial charge in [0.1, 0.15) is 5.75 Å². The lowest BCUT2D eigenvalue weighted by molar-refractivity contribution is -0.138. The molecule has 0 saturated carbocycles. The Morgan fingerprint density at radius 1 is 1.36 bits per heavy atom. The van der Waals surface area contributed by atoms with Crippen LogP contribution in [0.3, 0.4) is 0 Å². The molecule has 22 heavy (non-hydrogen) atoms. The Labute approximate surface area is 127 Å². The number of aromatic hydroxyl groups is 1. The van der Waals surface area contributed by atoms with Crippen LogP contribution in [-0.2, 0) is 17.5 Å². The summed E-state index contributed by atoms with van der Waals surface area (Å²) in [6.45, 7) is 0.864. The van der Waals surface area contributed by atoms with Crippen LogP contribution in [0.25, 0.3) is 0 Å². The second-order valence-corrected chi connectivity index (χ2v) is 5.75. The molecule has 1 saturated heterocycles. The van der Waals surface area contributed by atoms with Gasteiger partial charge >= 0.3 is 6.18 Å². The molecule has 1 amide bonds. The molecule has 1 fully saturated rings. The van der Waals surface area contributed by atoms with Crippen LogP contribution < -0.4 is 0 Å². The van der Waals surface area contributed by atoms with Crippen LogP contribution >= 0.6 is 0 Å². The first-order valence-electron chi connectivity index (χ1n) is 7.04. The number of carbonyl (C=O) groups excluding carboxylic acids is 1. The number of carbonyl (C=O) groups is 1. The van der Waals surface area contributed by atoms with E-state index in [9.17, 15) is 23.1 Å². The van der Waals surface area contributed by atoms with E-state index in [1.165, 1.54) is 11.0 Å². The van der Waals surface area contributed by atoms with Crippen LogP contribution in [0.2, 0.25) is 0 Å². The van der Waals surface area contributed by atoms with E-state index >= 15 is 0 Å². The third-order valence-corrected chi connectivity index (χ3v) is 3.78. The van der Waals surface area contributed by atoms with E-state index in [1.54, 1.807) is 14.1 Å². The smallest absolute Gasteiger partial charge is 0.416 e. The lowest BCUT2D eigenvalue weighted by atomic mass is 10.1. The van der Waals surface area contributed by atoms with Gasteiger partial charge in [0.2, 0.25) is 5.91 Å². The van der Waals surface area contributed by atoms with Crippen LogP contribution in [0.1, 0.15) is 24.0 Å². The molecule has 0 radical (unpaired) electrons. The van der Waals surface area contributed by atoms with Gasteiger partial charge < -0.3 is 10.0 Å². The SMILES string of the molecule is CN(C)C(=O)[C@@H]1CCCN1Cc1cc(O)cc(C(F)(F)F)c1. The number of likely N-dealkylation sites (tertiary alicyclic amines) is 1. The fourth-order valence-corrected chi connectivity index (χ4v) is 2.76. The van der Waals surface area contributed by atoms with Crippen molar-refractivity contribution in [1.29, 1.82) is 0 Å². The quantitative estimate of drug-likeness (QED) is 0.931. The van der Waals surface area contributed by atoms with Gasteiger partial charge in [-0.3, -0.25) is 9.69 Å². The lowest BCUT2D eigenvalue weighted by Gasteiger charge is -2.26. The Kier molecular flexibility index (Phi) is 4.65. The molecule has 0 bridgehead atoms. The second-order valence-electron chi connectivity index (χ2n) is 5.75. The Balaban J connectivity index is 2.20. The number of hydrogen-bond acceptors (Lipinski definition) is 3. The van der Waals surface area contributed by atoms with Crippen molar-refractivity contribution in [3.8, 4) is 5.75 Å². The molecule has 1 atom stereocenters. The molecule has 2 rings (SSSR count). The summed E-state index contributed by atoms with van der Waals surface area (Å²) in [6, 6.07) is 2.72. The van der Waals surface area contributed by atoms with E-state index in [4.69, 9.17) is 0 Å². The first kappa shape index (κ1) is 16.6. The zero-order chi connectivity index (χ0) is 16.5. The largest absolute Gasteiger partial charge is 0.508 e. The molecular formula is C15H19F3N2O2. The monoisotopic (exact) mass is 316 g/mol. The number of hydrogen-bond donors (Lipinski definition) is 1. The summed E-state index contributed by atoms with van der Waals surface area (Å²) in [6.07, 6.45) is -2.98. The highest BCUT2D eigenvalue weighted by Crippen LogP contribution is 2.33. The van der Waals surface area contributed by atoms with E-state index in [2.05, 4.69) is 0 Å². The number of phenolic OH excluding ortho intramolecular Hbond substituents is 1. The second kappa shape index (κ2) is 6.16. The average Bonchev–Trinajstić information content (AvgIpc) is 2.84. The molecule has 0 spiro atoms. The summed E-state index contributed by atoms with van der Waals surface area (Å²) in [5, 5.41) is 9.50. The number of halogens is 3. The van der Waals surface area contributed by atoms with Crippen molar-refractivity contribution in [1.82, 2.24) is 9.80 Å². The number of alkyl halides is 3. The predicted octanol–water partition coefficient (Wildman–Crippen LogP) is 2.46. The van der Waals surface area contributed by atoms with Crippen molar-refractivity contribution in [3.63, 3.8) is 0 Å². The Morgan fingerprint density at radius 3 is 2.64 bits per heavy atom. The molecule has 0 aliphatic carbocycles. The van der Waals surface area contributed by atoms with Crippen LogP contribution in [0, 0.1) is 0 Å². The summed E-state index contributed by atoms with van der Waals surface area (Å²) in [5.74, 6) is -0.465. The molecule has 122 valence electrons. The third-order valence-electron chi connectivity index (χ3n) is 3.78. The summed E-state index contributed by atoms with van der Waals surface area (Å²) in [7, 11) is 3.32. The highest BCUT2D eigenvalue weighted by Gasteiger charge is 2.34. The van der Waals surface area contributed by atoms with Crippen molar-refractivity contribution in [2.24, 2.45) is 0 Å². The summed E-state index contributed by atoms with van der Waals surface area (Å²) >= 11 is 0. The van der Waals surface area contributed by atoms with Gasteiger partial charge in [-0.15, -0.1) is 0 Å². The van der Waals surface area contributed by atoms with E-state index in [0.717, 1.165) is 12.5 Å². The van der Waals surface area contributed by atoms with Crippen LogP contribution in [0.4, 0.5) is 13.2 Å². The fraction of sp³-hybridized carbons (Fsp3) is 0.533. The van der Waals surface area contributed by atoms with Gasteiger partial charge in [0.05, 0.1) is 11.6 Å². The van der Waals surface area contributed by atoms with E-state index in [0.29, 0.717) is 24.6 Å². The first-order chi connectivity index (χ1) is 10.2. The van der Waals surface area contributed by atoms with Gasteiger partial charge in [0.25, 0.3) is 0 Å². The minimum Gasteiger partial charge on any atom is -0.508 e. The molecular weight excluding hydrogens is 297 g/mol. The highest BCUT2D eigenvalue weighted by molar-refractivity contribution is 5.81. The van der Waals surface area contributed by atoms with E-state index < -0.39 is 17.5 Å². The number of phenols is 1. The van der Waals surface area contributed by atoms with Crippen LogP contribution in [0.15, 0.2) is 18.2 Å². The van der Waals surface area contributed by atoms with Crippen LogP contribution in [-0.4, -0.2) is 47.5 Å². The number of amides is 1. The van der Waals surface area contributed by atoms with Gasteiger partial charge in [-0.2, -0.15) is 13.2 Å². The van der Waals surface area contributed by atoms with Gasteiger partial charge in [-0.05, 0) is 43.1 Å². The molecule has 4 nitrogen and oxygen atoms in total. The maximum atomic E-state index is 12.8. The Bertz CT molecular complexity index is 558. The molecule has 1 aromatic carbocycles. The molecule has 0 unspecified atom stereocenters. The maximum Gasteiger partial charge on any atom is 0.416 e. The topological polar surface area (TPSA) is 43.8 Å². The summed E-state index contributed by atoms with van der Waals surface area (Å²) < 4.78 is 38.4.